The molecule has 3 rings (SSSR count). The van der Waals surface area contributed by atoms with Crippen molar-refractivity contribution in [3.63, 3.8) is 0 Å². The summed E-state index contributed by atoms with van der Waals surface area (Å²) in [5.74, 6) is 1.17. The number of hydrogen-bond acceptors (Lipinski definition) is 4. The lowest BCUT2D eigenvalue weighted by Crippen LogP contribution is -2.39. The predicted molar refractivity (Wildman–Crippen MR) is 135 cm³/mol. The van der Waals surface area contributed by atoms with E-state index in [2.05, 4.69) is 34.0 Å². The van der Waals surface area contributed by atoms with Gasteiger partial charge in [-0.2, -0.15) is 4.31 Å². The van der Waals surface area contributed by atoms with Gasteiger partial charge in [0.25, 0.3) is 0 Å². The number of piperidine rings is 1. The standard InChI is InChI=1S/C21H30N4O2S2.HI/c1-3-22-21(24-15-19-7-5-13-28-19)23-14-18-8-10-20(11-9-18)29(26,27)25-12-4-6-17(2)16-25;/h5,7-11,13,17H,3-4,6,12,14-16H2,1-2H3,(H2,22,23,24);1H. The molecule has 0 amide bonds. The number of hydrogen-bond donors (Lipinski definition) is 2. The van der Waals surface area contributed by atoms with Crippen LogP contribution in [0.5, 0.6) is 0 Å². The molecule has 2 N–H and O–H groups in total. The average molecular weight is 563 g/mol. The monoisotopic (exact) mass is 562 g/mol. The van der Waals surface area contributed by atoms with Gasteiger partial charge >= 0.3 is 0 Å². The van der Waals surface area contributed by atoms with Crippen molar-refractivity contribution in [1.29, 1.82) is 0 Å². The minimum Gasteiger partial charge on any atom is -0.357 e. The van der Waals surface area contributed by atoms with Crippen LogP contribution in [0.4, 0.5) is 0 Å². The van der Waals surface area contributed by atoms with Crippen LogP contribution in [0.15, 0.2) is 51.7 Å². The fourth-order valence-electron chi connectivity index (χ4n) is 3.38. The van der Waals surface area contributed by atoms with Crippen LogP contribution in [-0.4, -0.2) is 38.3 Å². The Hall–Kier alpha value is -1.17. The Balaban J connectivity index is 0.00000320. The third-order valence-electron chi connectivity index (χ3n) is 4.96. The molecule has 0 radical (unpaired) electrons. The van der Waals surface area contributed by atoms with Gasteiger partial charge in [-0.3, -0.25) is 0 Å². The quantitative estimate of drug-likeness (QED) is 0.304. The van der Waals surface area contributed by atoms with E-state index in [4.69, 9.17) is 0 Å². The van der Waals surface area contributed by atoms with E-state index in [9.17, 15) is 8.42 Å². The topological polar surface area (TPSA) is 73.8 Å². The van der Waals surface area contributed by atoms with Crippen molar-refractivity contribution in [2.24, 2.45) is 10.9 Å². The molecule has 1 atom stereocenters. The number of thiophene rings is 1. The lowest BCUT2D eigenvalue weighted by atomic mass is 10.0. The molecule has 2 aromatic rings. The molecule has 0 aliphatic carbocycles. The fraction of sp³-hybridized carbons (Fsp3) is 0.476. The second-order valence-corrected chi connectivity index (χ2v) is 10.4. The van der Waals surface area contributed by atoms with E-state index < -0.39 is 10.0 Å². The van der Waals surface area contributed by atoms with Gasteiger partial charge in [-0.1, -0.05) is 25.1 Å². The van der Waals surface area contributed by atoms with Gasteiger partial charge in [-0.15, -0.1) is 35.3 Å². The fourth-order valence-corrected chi connectivity index (χ4v) is 5.62. The van der Waals surface area contributed by atoms with Gasteiger partial charge in [0.05, 0.1) is 18.0 Å². The van der Waals surface area contributed by atoms with Gasteiger partial charge in [0, 0.05) is 24.5 Å². The smallest absolute Gasteiger partial charge is 0.243 e. The maximum absolute atomic E-state index is 12.9. The Labute approximate surface area is 201 Å². The Bertz CT molecular complexity index is 900. The summed E-state index contributed by atoms with van der Waals surface area (Å²) in [7, 11) is -3.41. The Morgan fingerprint density at radius 1 is 1.23 bits per heavy atom. The van der Waals surface area contributed by atoms with Crippen LogP contribution in [0, 0.1) is 5.92 Å². The highest BCUT2D eigenvalue weighted by Gasteiger charge is 2.28. The van der Waals surface area contributed by atoms with Crippen LogP contribution in [0.25, 0.3) is 0 Å². The lowest BCUT2D eigenvalue weighted by Gasteiger charge is -2.30. The van der Waals surface area contributed by atoms with E-state index >= 15 is 0 Å². The van der Waals surface area contributed by atoms with Crippen LogP contribution < -0.4 is 10.6 Å². The van der Waals surface area contributed by atoms with E-state index in [0.717, 1.165) is 37.5 Å². The van der Waals surface area contributed by atoms with Gasteiger partial charge in [0.2, 0.25) is 10.0 Å². The van der Waals surface area contributed by atoms with Gasteiger partial charge in [-0.05, 0) is 54.8 Å². The number of aliphatic imine (C=N–C) groups is 1. The maximum atomic E-state index is 12.9. The van der Waals surface area contributed by atoms with E-state index in [1.54, 1.807) is 27.8 Å². The molecule has 166 valence electrons. The summed E-state index contributed by atoms with van der Waals surface area (Å²) >= 11 is 1.71. The predicted octanol–water partition coefficient (Wildman–Crippen LogP) is 4.04. The summed E-state index contributed by atoms with van der Waals surface area (Å²) in [6, 6.07) is 11.2. The third-order valence-corrected chi connectivity index (χ3v) is 7.71. The highest BCUT2D eigenvalue weighted by Crippen LogP contribution is 2.23. The Morgan fingerprint density at radius 3 is 2.63 bits per heavy atom. The molecule has 1 aromatic heterocycles. The number of halogens is 1. The first-order valence-electron chi connectivity index (χ1n) is 10.1. The van der Waals surface area contributed by atoms with Crippen LogP contribution in [-0.2, 0) is 23.1 Å². The zero-order valence-electron chi connectivity index (χ0n) is 17.5. The largest absolute Gasteiger partial charge is 0.357 e. The van der Waals surface area contributed by atoms with Crippen molar-refractivity contribution in [3.05, 3.63) is 52.2 Å². The van der Waals surface area contributed by atoms with Gasteiger partial charge < -0.3 is 10.6 Å². The summed E-state index contributed by atoms with van der Waals surface area (Å²) in [6.45, 7) is 7.36. The van der Waals surface area contributed by atoms with Gasteiger partial charge in [0.15, 0.2) is 5.96 Å². The van der Waals surface area contributed by atoms with Crippen molar-refractivity contribution in [2.75, 3.05) is 19.6 Å². The SMILES string of the molecule is CCNC(=NCc1ccc(S(=O)(=O)N2CCCC(C)C2)cc1)NCc1cccs1.I. The van der Waals surface area contributed by atoms with Gasteiger partial charge in [-0.25, -0.2) is 13.4 Å². The molecule has 1 fully saturated rings. The number of guanidine groups is 1. The normalized spacial score (nSPS) is 17.9. The number of nitrogens with zero attached hydrogens (tertiary/aromatic N) is 2. The minimum atomic E-state index is -3.41. The summed E-state index contributed by atoms with van der Waals surface area (Å²) < 4.78 is 27.4. The number of nitrogens with one attached hydrogen (secondary N) is 2. The molecule has 9 heteroatoms. The summed E-state index contributed by atoms with van der Waals surface area (Å²) in [5.41, 5.74) is 0.976. The molecule has 6 nitrogen and oxygen atoms in total. The van der Waals surface area contributed by atoms with Crippen molar-refractivity contribution < 1.29 is 8.42 Å². The molecule has 1 aliphatic heterocycles. The molecule has 0 spiro atoms. The molecule has 1 aliphatic rings. The van der Waals surface area contributed by atoms with Crippen LogP contribution in [0.1, 0.15) is 37.1 Å². The second kappa shape index (κ2) is 12.0. The Kier molecular flexibility index (Phi) is 10.1. The highest BCUT2D eigenvalue weighted by molar-refractivity contribution is 14.0. The molecule has 0 saturated carbocycles. The average Bonchev–Trinajstić information content (AvgIpc) is 3.24. The van der Waals surface area contributed by atoms with E-state index in [1.165, 1.54) is 4.88 Å². The number of sulfonamides is 1. The molecule has 30 heavy (non-hydrogen) atoms. The first-order chi connectivity index (χ1) is 14.0. The number of rotatable bonds is 7. The van der Waals surface area contributed by atoms with E-state index in [1.807, 2.05) is 25.1 Å². The van der Waals surface area contributed by atoms with Crippen LogP contribution in [0.2, 0.25) is 0 Å². The van der Waals surface area contributed by atoms with Crippen LogP contribution >= 0.6 is 35.3 Å². The maximum Gasteiger partial charge on any atom is 0.243 e. The first kappa shape index (κ1) is 25.1. The molecule has 1 saturated heterocycles. The number of benzene rings is 1. The minimum absolute atomic E-state index is 0. The molecule has 1 aromatic carbocycles. The first-order valence-corrected chi connectivity index (χ1v) is 12.4. The van der Waals surface area contributed by atoms with Crippen LogP contribution in [0.3, 0.4) is 0 Å². The van der Waals surface area contributed by atoms with Crippen molar-refractivity contribution in [3.8, 4) is 0 Å². The molecule has 0 bridgehead atoms. The lowest BCUT2D eigenvalue weighted by molar-refractivity contribution is 0.281. The van der Waals surface area contributed by atoms with E-state index in [0.29, 0.717) is 30.4 Å². The third kappa shape index (κ3) is 6.93. The molecule has 1 unspecified atom stereocenters. The summed E-state index contributed by atoms with van der Waals surface area (Å²) in [5, 5.41) is 8.62. The van der Waals surface area contributed by atoms with E-state index in [-0.39, 0.29) is 24.0 Å². The molecular weight excluding hydrogens is 531 g/mol. The van der Waals surface area contributed by atoms with Crippen molar-refractivity contribution in [1.82, 2.24) is 14.9 Å². The van der Waals surface area contributed by atoms with Crippen molar-refractivity contribution >= 4 is 51.3 Å². The van der Waals surface area contributed by atoms with Gasteiger partial charge in [0.1, 0.15) is 0 Å². The zero-order valence-corrected chi connectivity index (χ0v) is 21.5. The summed E-state index contributed by atoms with van der Waals surface area (Å²) in [4.78, 5) is 6.22. The zero-order chi connectivity index (χ0) is 20.7. The molecular formula is C21H31IN4O2S2. The van der Waals surface area contributed by atoms with Crippen molar-refractivity contribution in [2.45, 2.75) is 44.7 Å². The molecule has 2 heterocycles. The second-order valence-electron chi connectivity index (χ2n) is 7.38. The Morgan fingerprint density at radius 2 is 2.00 bits per heavy atom. The summed E-state index contributed by atoms with van der Waals surface area (Å²) in [6.07, 6.45) is 2.02. The highest BCUT2D eigenvalue weighted by atomic mass is 127.